The molecule has 0 aromatic rings. The van der Waals surface area contributed by atoms with Gasteiger partial charge in [0.25, 0.3) is 0 Å². The molecule has 11 heavy (non-hydrogen) atoms. The summed E-state index contributed by atoms with van der Waals surface area (Å²) in [5.74, 6) is 0. The van der Waals surface area contributed by atoms with Gasteiger partial charge in [-0.05, 0) is 32.2 Å². The zero-order chi connectivity index (χ0) is 7.52. The van der Waals surface area contributed by atoms with Crippen LogP contribution in [0.2, 0.25) is 0 Å². The minimum atomic E-state index is 0.537. The molecule has 2 fully saturated rings. The summed E-state index contributed by atoms with van der Waals surface area (Å²) in [6.07, 6.45) is 7.14. The molecule has 0 spiro atoms. The van der Waals surface area contributed by atoms with Gasteiger partial charge in [-0.2, -0.15) is 0 Å². The van der Waals surface area contributed by atoms with Gasteiger partial charge < -0.3 is 10.1 Å². The van der Waals surface area contributed by atoms with Crippen LogP contribution >= 0.6 is 0 Å². The molecule has 0 bridgehead atoms. The third kappa shape index (κ3) is 1.74. The van der Waals surface area contributed by atoms with Gasteiger partial charge in [0.1, 0.15) is 0 Å². The summed E-state index contributed by atoms with van der Waals surface area (Å²) in [6.45, 7) is 2.19. The van der Waals surface area contributed by atoms with Crippen molar-refractivity contribution in [3.05, 3.63) is 0 Å². The fourth-order valence-corrected chi connectivity index (χ4v) is 2.12. The smallest absolute Gasteiger partial charge is 0.0728 e. The Morgan fingerprint density at radius 1 is 1.09 bits per heavy atom. The van der Waals surface area contributed by atoms with Gasteiger partial charge in [-0.15, -0.1) is 0 Å². The van der Waals surface area contributed by atoms with Gasteiger partial charge in [0.15, 0.2) is 0 Å². The number of ether oxygens (including phenoxy) is 1. The van der Waals surface area contributed by atoms with Crippen molar-refractivity contribution >= 4 is 0 Å². The molecule has 0 aliphatic carbocycles. The fourth-order valence-electron chi connectivity index (χ4n) is 2.12. The standard InChI is InChI=1S/C9H17NO/c1-2-6-10-8(4-1)9-5-3-7-11-9/h8-10H,1-7H2/t8-,9-/m1/s1. The summed E-state index contributed by atoms with van der Waals surface area (Å²) in [7, 11) is 0. The first-order chi connectivity index (χ1) is 5.47. The first kappa shape index (κ1) is 7.56. The van der Waals surface area contributed by atoms with E-state index in [1.807, 2.05) is 0 Å². The van der Waals surface area contributed by atoms with Crippen LogP contribution in [0.5, 0.6) is 0 Å². The molecule has 2 heterocycles. The van der Waals surface area contributed by atoms with Gasteiger partial charge in [0, 0.05) is 12.6 Å². The quantitative estimate of drug-likeness (QED) is 0.616. The summed E-state index contributed by atoms with van der Waals surface area (Å²) in [5, 5.41) is 3.54. The van der Waals surface area contributed by atoms with Gasteiger partial charge in [0.05, 0.1) is 6.10 Å². The largest absolute Gasteiger partial charge is 0.377 e. The van der Waals surface area contributed by atoms with Crippen molar-refractivity contribution in [3.8, 4) is 0 Å². The number of hydrogen-bond acceptors (Lipinski definition) is 2. The highest BCUT2D eigenvalue weighted by atomic mass is 16.5. The first-order valence-corrected chi connectivity index (χ1v) is 4.82. The van der Waals surface area contributed by atoms with Crippen molar-refractivity contribution in [2.75, 3.05) is 13.2 Å². The van der Waals surface area contributed by atoms with Crippen molar-refractivity contribution in [1.82, 2.24) is 5.32 Å². The van der Waals surface area contributed by atoms with Crippen LogP contribution in [0.1, 0.15) is 32.1 Å². The molecule has 2 aliphatic rings. The van der Waals surface area contributed by atoms with E-state index in [0.717, 1.165) is 6.61 Å². The maximum absolute atomic E-state index is 5.63. The van der Waals surface area contributed by atoms with Crippen LogP contribution < -0.4 is 5.32 Å². The number of piperidine rings is 1. The van der Waals surface area contributed by atoms with E-state index in [4.69, 9.17) is 4.74 Å². The Bertz CT molecular complexity index is 115. The molecule has 2 atom stereocenters. The van der Waals surface area contributed by atoms with E-state index in [2.05, 4.69) is 5.32 Å². The van der Waals surface area contributed by atoms with Crippen LogP contribution in [0.3, 0.4) is 0 Å². The molecule has 2 nitrogen and oxygen atoms in total. The van der Waals surface area contributed by atoms with Crippen LogP contribution in [-0.2, 0) is 4.74 Å². The van der Waals surface area contributed by atoms with Crippen LogP contribution in [0.4, 0.5) is 0 Å². The summed E-state index contributed by atoms with van der Waals surface area (Å²) < 4.78 is 5.63. The van der Waals surface area contributed by atoms with Gasteiger partial charge in [0.2, 0.25) is 0 Å². The molecule has 0 aromatic heterocycles. The molecule has 2 aliphatic heterocycles. The average molecular weight is 155 g/mol. The second-order valence-electron chi connectivity index (χ2n) is 3.61. The second kappa shape index (κ2) is 3.55. The third-order valence-corrected chi connectivity index (χ3v) is 2.76. The second-order valence-corrected chi connectivity index (χ2v) is 3.61. The Morgan fingerprint density at radius 3 is 2.73 bits per heavy atom. The van der Waals surface area contributed by atoms with E-state index < -0.39 is 0 Å². The molecule has 64 valence electrons. The van der Waals surface area contributed by atoms with E-state index >= 15 is 0 Å². The Labute approximate surface area is 68.3 Å². The van der Waals surface area contributed by atoms with E-state index in [-0.39, 0.29) is 0 Å². The summed E-state index contributed by atoms with van der Waals surface area (Å²) in [5.41, 5.74) is 0. The molecule has 2 heteroatoms. The molecule has 1 N–H and O–H groups in total. The maximum Gasteiger partial charge on any atom is 0.0728 e. The van der Waals surface area contributed by atoms with Crippen molar-refractivity contribution in [2.24, 2.45) is 0 Å². The molecular formula is C9H17NO. The maximum atomic E-state index is 5.63. The highest BCUT2D eigenvalue weighted by Gasteiger charge is 2.26. The molecule has 0 radical (unpaired) electrons. The van der Waals surface area contributed by atoms with E-state index in [0.29, 0.717) is 12.1 Å². The first-order valence-electron chi connectivity index (χ1n) is 4.82. The van der Waals surface area contributed by atoms with Gasteiger partial charge in [-0.25, -0.2) is 0 Å². The molecular weight excluding hydrogens is 138 g/mol. The lowest BCUT2D eigenvalue weighted by atomic mass is 9.98. The summed E-state index contributed by atoms with van der Waals surface area (Å²) >= 11 is 0. The predicted molar refractivity (Wildman–Crippen MR) is 44.6 cm³/mol. The minimum absolute atomic E-state index is 0.537. The fraction of sp³-hybridized carbons (Fsp3) is 1.00. The molecule has 0 unspecified atom stereocenters. The lowest BCUT2D eigenvalue weighted by molar-refractivity contribution is 0.0695. The molecule has 0 aromatic carbocycles. The van der Waals surface area contributed by atoms with Crippen LogP contribution in [0, 0.1) is 0 Å². The normalized spacial score (nSPS) is 39.3. The Morgan fingerprint density at radius 2 is 2.09 bits per heavy atom. The highest BCUT2D eigenvalue weighted by molar-refractivity contribution is 4.82. The average Bonchev–Trinajstić information content (AvgIpc) is 2.58. The molecule has 2 saturated heterocycles. The van der Waals surface area contributed by atoms with Crippen molar-refractivity contribution < 1.29 is 4.74 Å². The van der Waals surface area contributed by atoms with Crippen molar-refractivity contribution in [1.29, 1.82) is 0 Å². The zero-order valence-corrected chi connectivity index (χ0v) is 7.01. The van der Waals surface area contributed by atoms with Gasteiger partial charge in [-0.3, -0.25) is 0 Å². The SMILES string of the molecule is C1CC[C@H]([C@H]2CCCO2)NC1. The van der Waals surface area contributed by atoms with E-state index in [1.165, 1.54) is 38.6 Å². The topological polar surface area (TPSA) is 21.3 Å². The zero-order valence-electron chi connectivity index (χ0n) is 7.01. The minimum Gasteiger partial charge on any atom is -0.377 e. The van der Waals surface area contributed by atoms with Crippen LogP contribution in [0.25, 0.3) is 0 Å². The Kier molecular flexibility index (Phi) is 2.44. The number of rotatable bonds is 1. The van der Waals surface area contributed by atoms with Crippen LogP contribution in [0.15, 0.2) is 0 Å². The monoisotopic (exact) mass is 155 g/mol. The van der Waals surface area contributed by atoms with Crippen molar-refractivity contribution in [2.45, 2.75) is 44.2 Å². The molecule has 0 saturated carbocycles. The number of hydrogen-bond donors (Lipinski definition) is 1. The summed E-state index contributed by atoms with van der Waals surface area (Å²) in [6, 6.07) is 0.672. The third-order valence-electron chi connectivity index (χ3n) is 2.76. The molecule has 2 rings (SSSR count). The van der Waals surface area contributed by atoms with Crippen LogP contribution in [-0.4, -0.2) is 25.3 Å². The summed E-state index contributed by atoms with van der Waals surface area (Å²) in [4.78, 5) is 0. The van der Waals surface area contributed by atoms with E-state index in [1.54, 1.807) is 0 Å². The highest BCUT2D eigenvalue weighted by Crippen LogP contribution is 2.20. The molecule has 0 amide bonds. The van der Waals surface area contributed by atoms with E-state index in [9.17, 15) is 0 Å². The van der Waals surface area contributed by atoms with Gasteiger partial charge >= 0.3 is 0 Å². The Hall–Kier alpha value is -0.0800. The lowest BCUT2D eigenvalue weighted by Crippen LogP contribution is -2.42. The Balaban J connectivity index is 1.82. The van der Waals surface area contributed by atoms with Crippen molar-refractivity contribution in [3.63, 3.8) is 0 Å². The van der Waals surface area contributed by atoms with Gasteiger partial charge in [-0.1, -0.05) is 6.42 Å². The lowest BCUT2D eigenvalue weighted by Gasteiger charge is -2.27. The predicted octanol–water partition coefficient (Wildman–Crippen LogP) is 1.31. The number of nitrogens with one attached hydrogen (secondary N) is 1.